The maximum atomic E-state index is 4.38. The van der Waals surface area contributed by atoms with Crippen molar-refractivity contribution in [1.29, 1.82) is 0 Å². The van der Waals surface area contributed by atoms with Gasteiger partial charge in [-0.1, -0.05) is 73.9 Å². The van der Waals surface area contributed by atoms with Gasteiger partial charge < -0.3 is 13.8 Å². The van der Waals surface area contributed by atoms with Crippen molar-refractivity contribution in [3.05, 3.63) is 49.7 Å². The Morgan fingerprint density at radius 2 is 1.50 bits per heavy atom. The van der Waals surface area contributed by atoms with Gasteiger partial charge in [-0.2, -0.15) is 11.8 Å². The summed E-state index contributed by atoms with van der Waals surface area (Å²) in [6.45, 7) is 8.70. The summed E-state index contributed by atoms with van der Waals surface area (Å²) in [6.07, 6.45) is 6.90. The fraction of sp³-hybridized carbons (Fsp3) is 0.500. The summed E-state index contributed by atoms with van der Waals surface area (Å²) in [6, 6.07) is 10.6. The molecule has 2 heteroatoms. The average Bonchev–Trinajstić information content (AvgIpc) is 2.39. The van der Waals surface area contributed by atoms with Crippen LogP contribution < -0.4 is 0 Å². The molecule has 1 aromatic carbocycles. The molecule has 2 unspecified atom stereocenters. The maximum absolute atomic E-state index is 4.38. The Morgan fingerprint density at radius 3 is 2.06 bits per heavy atom. The van der Waals surface area contributed by atoms with Crippen molar-refractivity contribution in [2.45, 2.75) is 38.0 Å². The molecule has 0 nitrogen and oxygen atoms in total. The van der Waals surface area contributed by atoms with E-state index in [0.717, 1.165) is 5.92 Å². The minimum absolute atomic E-state index is 0. The molecule has 0 spiro atoms. The Morgan fingerprint density at radius 1 is 0.944 bits per heavy atom. The van der Waals surface area contributed by atoms with E-state index in [1.54, 1.807) is 0 Å². The van der Waals surface area contributed by atoms with E-state index in [4.69, 9.17) is 0 Å². The normalized spacial score (nSPS) is 19.2. The van der Waals surface area contributed by atoms with Crippen molar-refractivity contribution in [1.82, 2.24) is 0 Å². The van der Waals surface area contributed by atoms with Gasteiger partial charge in [-0.25, -0.2) is 0 Å². The first-order valence-corrected chi connectivity index (χ1v) is 6.50. The van der Waals surface area contributed by atoms with Crippen LogP contribution in [0.3, 0.4) is 0 Å². The molecule has 2 atom stereocenters. The molecule has 0 amide bonds. The predicted molar refractivity (Wildman–Crippen MR) is 70.0 cm³/mol. The molecule has 18 heavy (non-hydrogen) atoms. The Bertz CT molecular complexity index is 306. The van der Waals surface area contributed by atoms with E-state index in [-0.39, 0.29) is 53.8 Å². The van der Waals surface area contributed by atoms with Crippen LogP contribution in [0.15, 0.2) is 30.3 Å². The zero-order valence-electron chi connectivity index (χ0n) is 11.1. The van der Waals surface area contributed by atoms with E-state index in [2.05, 4.69) is 44.2 Å². The SMILES string of the molecule is [CH2-]C(c1ccccc1)C([CH2-])C1CCCCC1.[W].[Y]. The monoisotopic (exact) mass is 487 g/mol. The van der Waals surface area contributed by atoms with Crippen LogP contribution in [0.2, 0.25) is 0 Å². The van der Waals surface area contributed by atoms with Gasteiger partial charge in [-0.3, -0.25) is 0 Å². The van der Waals surface area contributed by atoms with Gasteiger partial charge in [0.2, 0.25) is 0 Å². The van der Waals surface area contributed by atoms with Crippen LogP contribution in [0.4, 0.5) is 0 Å². The minimum atomic E-state index is 0. The summed E-state index contributed by atoms with van der Waals surface area (Å²) in [7, 11) is 0. The second-order valence-corrected chi connectivity index (χ2v) is 5.08. The third-order valence-electron chi connectivity index (χ3n) is 4.00. The van der Waals surface area contributed by atoms with Crippen LogP contribution in [-0.2, 0) is 53.8 Å². The summed E-state index contributed by atoms with van der Waals surface area (Å²) in [4.78, 5) is 0. The summed E-state index contributed by atoms with van der Waals surface area (Å²) < 4.78 is 0. The van der Waals surface area contributed by atoms with Gasteiger partial charge in [-0.05, 0) is 0 Å². The van der Waals surface area contributed by atoms with Gasteiger partial charge in [0.1, 0.15) is 0 Å². The van der Waals surface area contributed by atoms with Crippen LogP contribution >= 0.6 is 0 Å². The molecule has 0 bridgehead atoms. The second kappa shape index (κ2) is 9.84. The van der Waals surface area contributed by atoms with E-state index in [1.807, 2.05) is 0 Å². The number of rotatable bonds is 3. The van der Waals surface area contributed by atoms with Gasteiger partial charge >= 0.3 is 0 Å². The van der Waals surface area contributed by atoms with Crippen LogP contribution in [0.5, 0.6) is 0 Å². The van der Waals surface area contributed by atoms with Crippen molar-refractivity contribution < 1.29 is 53.8 Å². The van der Waals surface area contributed by atoms with Gasteiger partial charge in [0.25, 0.3) is 0 Å². The second-order valence-electron chi connectivity index (χ2n) is 5.08. The minimum Gasteiger partial charge on any atom is -0.342 e. The molecule has 1 aliphatic rings. The molecule has 0 heterocycles. The number of hydrogen-bond acceptors (Lipinski definition) is 0. The van der Waals surface area contributed by atoms with E-state index in [9.17, 15) is 0 Å². The first-order chi connectivity index (χ1) is 7.79. The Labute approximate surface area is 152 Å². The van der Waals surface area contributed by atoms with Crippen LogP contribution in [0, 0.1) is 25.7 Å². The number of benzene rings is 1. The van der Waals surface area contributed by atoms with E-state index in [1.165, 1.54) is 37.7 Å². The zero-order chi connectivity index (χ0) is 11.4. The third kappa shape index (κ3) is 5.18. The fourth-order valence-corrected chi connectivity index (χ4v) is 2.84. The van der Waals surface area contributed by atoms with Crippen molar-refractivity contribution in [3.8, 4) is 0 Å². The molecule has 1 aromatic rings. The smallest absolute Gasteiger partial charge is 0 e. The molecule has 1 radical (unpaired) electrons. The van der Waals surface area contributed by atoms with Crippen LogP contribution in [0.25, 0.3) is 0 Å². The average molecular weight is 487 g/mol. The summed E-state index contributed by atoms with van der Waals surface area (Å²) >= 11 is 0. The van der Waals surface area contributed by atoms with Crippen molar-refractivity contribution in [2.75, 3.05) is 0 Å². The van der Waals surface area contributed by atoms with Crippen LogP contribution in [0.1, 0.15) is 43.6 Å². The Kier molecular flexibility index (Phi) is 10.4. The molecular weight excluding hydrogens is 465 g/mol. The summed E-state index contributed by atoms with van der Waals surface area (Å²) in [5.74, 6) is 1.61. The van der Waals surface area contributed by atoms with Gasteiger partial charge in [0.05, 0.1) is 0 Å². The Balaban J connectivity index is 0.00000144. The standard InChI is InChI=1S/C16H22.W.Y/c1-13(15-9-5-3-6-10-15)14(2)16-11-7-4-8-12-16;;/h3,5-6,9-10,13-14,16H,1-2,4,7-8,11-12H2;;/q-2;;. The largest absolute Gasteiger partial charge is 0.342 e. The van der Waals surface area contributed by atoms with E-state index < -0.39 is 0 Å². The molecule has 0 saturated heterocycles. The molecule has 97 valence electrons. The van der Waals surface area contributed by atoms with Gasteiger partial charge in [0, 0.05) is 53.8 Å². The topological polar surface area (TPSA) is 0 Å². The Hall–Kier alpha value is 1.01. The quantitative estimate of drug-likeness (QED) is 0.546. The third-order valence-corrected chi connectivity index (χ3v) is 4.00. The van der Waals surface area contributed by atoms with E-state index >= 15 is 0 Å². The molecule has 1 saturated carbocycles. The molecule has 1 fully saturated rings. The molecule has 0 aliphatic heterocycles. The maximum Gasteiger partial charge on any atom is 0 e. The summed E-state index contributed by atoms with van der Waals surface area (Å²) in [5.41, 5.74) is 1.34. The predicted octanol–water partition coefficient (Wildman–Crippen LogP) is 4.63. The van der Waals surface area contributed by atoms with Gasteiger partial charge in [-0.15, -0.1) is 0 Å². The molecule has 0 aromatic heterocycles. The number of hydrogen-bond donors (Lipinski definition) is 0. The van der Waals surface area contributed by atoms with Crippen LogP contribution in [-0.4, -0.2) is 0 Å². The van der Waals surface area contributed by atoms with Gasteiger partial charge in [0.15, 0.2) is 0 Å². The zero-order valence-corrected chi connectivity index (χ0v) is 16.8. The van der Waals surface area contributed by atoms with Crippen molar-refractivity contribution >= 4 is 0 Å². The fourth-order valence-electron chi connectivity index (χ4n) is 2.84. The van der Waals surface area contributed by atoms with Crippen molar-refractivity contribution in [3.63, 3.8) is 0 Å². The van der Waals surface area contributed by atoms with Crippen molar-refractivity contribution in [2.24, 2.45) is 11.8 Å². The van der Waals surface area contributed by atoms with E-state index in [0.29, 0.717) is 11.8 Å². The first-order valence-electron chi connectivity index (χ1n) is 6.50. The summed E-state index contributed by atoms with van der Waals surface area (Å²) in [5, 5.41) is 0. The molecule has 0 N–H and O–H groups in total. The molecule has 2 rings (SSSR count). The molecule has 1 aliphatic carbocycles. The molecular formula is C16H22WY-2. The first kappa shape index (κ1) is 19.0.